The molecule has 2 rings (SSSR count). The summed E-state index contributed by atoms with van der Waals surface area (Å²) in [4.78, 5) is 6.00. The van der Waals surface area contributed by atoms with Crippen molar-refractivity contribution in [3.8, 4) is 0 Å². The molecule has 0 amide bonds. The lowest BCUT2D eigenvalue weighted by molar-refractivity contribution is -0.137. The van der Waals surface area contributed by atoms with Crippen LogP contribution in [0.3, 0.4) is 0 Å². The number of guanidine groups is 1. The summed E-state index contributed by atoms with van der Waals surface area (Å²) in [6, 6.07) is 9.70. The smallest absolute Gasteiger partial charge is 0.352 e. The first-order chi connectivity index (χ1) is 13.6. The second-order valence-electron chi connectivity index (χ2n) is 7.08. The minimum absolute atomic E-state index is 0. The average molecular weight is 538 g/mol. The van der Waals surface area contributed by atoms with Gasteiger partial charge in [-0.25, -0.2) is 4.39 Å². The lowest BCUT2D eigenvalue weighted by Gasteiger charge is -2.19. The van der Waals surface area contributed by atoms with E-state index in [9.17, 15) is 17.6 Å². The maximum Gasteiger partial charge on any atom is 0.416 e. The van der Waals surface area contributed by atoms with Crippen molar-refractivity contribution >= 4 is 29.9 Å². The molecule has 0 aliphatic carbocycles. The molecule has 0 radical (unpaired) electrons. The summed E-state index contributed by atoms with van der Waals surface area (Å²) in [5.74, 6) is 0.177. The third-order valence-corrected chi connectivity index (χ3v) is 4.35. The van der Waals surface area contributed by atoms with E-state index in [1.54, 1.807) is 32.2 Å². The van der Waals surface area contributed by atoms with E-state index in [4.69, 9.17) is 0 Å². The third-order valence-electron chi connectivity index (χ3n) is 4.35. The number of nitrogens with one attached hydrogen (secondary N) is 2. The van der Waals surface area contributed by atoms with Gasteiger partial charge in [0.25, 0.3) is 0 Å². The highest BCUT2D eigenvalue weighted by atomic mass is 127. The van der Waals surface area contributed by atoms with Gasteiger partial charge in [-0.3, -0.25) is 4.99 Å². The summed E-state index contributed by atoms with van der Waals surface area (Å²) in [7, 11) is 5.31. The Morgan fingerprint density at radius 2 is 1.83 bits per heavy atom. The summed E-state index contributed by atoms with van der Waals surface area (Å²) in [6.45, 7) is 2.64. The maximum absolute atomic E-state index is 13.9. The van der Waals surface area contributed by atoms with Crippen LogP contribution in [-0.4, -0.2) is 32.0 Å². The molecule has 2 N–H and O–H groups in total. The van der Waals surface area contributed by atoms with Gasteiger partial charge in [0.2, 0.25) is 0 Å². The van der Waals surface area contributed by atoms with Gasteiger partial charge in [-0.05, 0) is 56.4 Å². The van der Waals surface area contributed by atoms with Crippen molar-refractivity contribution in [1.82, 2.24) is 15.5 Å². The SMILES string of the molecule is CN=C(NCc1ccc(F)c(CN(C)C)c1)NC(C)c1cccc(C(F)(F)F)c1.I. The Morgan fingerprint density at radius 3 is 2.43 bits per heavy atom. The molecule has 166 valence electrons. The van der Waals surface area contributed by atoms with Crippen molar-refractivity contribution in [2.45, 2.75) is 32.2 Å². The Labute approximate surface area is 191 Å². The Balaban J connectivity index is 0.00000450. The number of nitrogens with zero attached hydrogens (tertiary/aromatic N) is 2. The number of aliphatic imine (C=N–C) groups is 1. The van der Waals surface area contributed by atoms with Crippen LogP contribution in [-0.2, 0) is 19.3 Å². The van der Waals surface area contributed by atoms with Gasteiger partial charge in [-0.1, -0.05) is 18.2 Å². The molecule has 0 spiro atoms. The van der Waals surface area contributed by atoms with Crippen molar-refractivity contribution in [2.24, 2.45) is 4.99 Å². The lowest BCUT2D eigenvalue weighted by Crippen LogP contribution is -2.38. The van der Waals surface area contributed by atoms with E-state index in [0.717, 1.165) is 17.7 Å². The zero-order chi connectivity index (χ0) is 21.6. The highest BCUT2D eigenvalue weighted by molar-refractivity contribution is 14.0. The van der Waals surface area contributed by atoms with Crippen LogP contribution >= 0.6 is 24.0 Å². The molecule has 0 aliphatic rings. The van der Waals surface area contributed by atoms with Crippen molar-refractivity contribution in [1.29, 1.82) is 0 Å². The van der Waals surface area contributed by atoms with Crippen LogP contribution < -0.4 is 10.6 Å². The first-order valence-electron chi connectivity index (χ1n) is 9.16. The van der Waals surface area contributed by atoms with Crippen LogP contribution in [0.5, 0.6) is 0 Å². The first-order valence-corrected chi connectivity index (χ1v) is 9.16. The topological polar surface area (TPSA) is 39.7 Å². The van der Waals surface area contributed by atoms with Crippen LogP contribution in [0.2, 0.25) is 0 Å². The van der Waals surface area contributed by atoms with Crippen molar-refractivity contribution in [3.63, 3.8) is 0 Å². The van der Waals surface area contributed by atoms with E-state index >= 15 is 0 Å². The van der Waals surface area contributed by atoms with Gasteiger partial charge in [-0.2, -0.15) is 13.2 Å². The van der Waals surface area contributed by atoms with E-state index in [-0.39, 0.29) is 35.8 Å². The Hall–Kier alpha value is -1.88. The second kappa shape index (κ2) is 11.5. The van der Waals surface area contributed by atoms with Gasteiger partial charge >= 0.3 is 6.18 Å². The van der Waals surface area contributed by atoms with E-state index in [2.05, 4.69) is 15.6 Å². The third kappa shape index (κ3) is 7.75. The Kier molecular flexibility index (Phi) is 10.0. The van der Waals surface area contributed by atoms with E-state index in [1.807, 2.05) is 19.0 Å². The number of hydrogen-bond acceptors (Lipinski definition) is 2. The minimum Gasteiger partial charge on any atom is -0.352 e. The van der Waals surface area contributed by atoms with Gasteiger partial charge in [0.05, 0.1) is 11.6 Å². The van der Waals surface area contributed by atoms with Crippen LogP contribution in [0.15, 0.2) is 47.5 Å². The molecular weight excluding hydrogens is 511 g/mol. The molecule has 2 aromatic carbocycles. The molecule has 2 aromatic rings. The summed E-state index contributed by atoms with van der Waals surface area (Å²) >= 11 is 0. The standard InChI is InChI=1S/C21H26F4N4.HI/c1-14(16-6-5-7-18(11-16)21(23,24)25)28-20(26-2)27-12-15-8-9-19(22)17(10-15)13-29(3)4;/h5-11,14H,12-13H2,1-4H3,(H2,26,27,28);1H. The zero-order valence-electron chi connectivity index (χ0n) is 17.3. The highest BCUT2D eigenvalue weighted by Crippen LogP contribution is 2.30. The molecule has 0 heterocycles. The van der Waals surface area contributed by atoms with Gasteiger partial charge in [-0.15, -0.1) is 24.0 Å². The van der Waals surface area contributed by atoms with Gasteiger partial charge in [0.1, 0.15) is 5.82 Å². The maximum atomic E-state index is 13.9. The number of alkyl halides is 3. The average Bonchev–Trinajstić information content (AvgIpc) is 2.66. The van der Waals surface area contributed by atoms with E-state index in [0.29, 0.717) is 30.2 Å². The summed E-state index contributed by atoms with van der Waals surface area (Å²) in [5, 5.41) is 6.19. The van der Waals surface area contributed by atoms with Crippen molar-refractivity contribution < 1.29 is 17.6 Å². The van der Waals surface area contributed by atoms with Crippen molar-refractivity contribution in [2.75, 3.05) is 21.1 Å². The van der Waals surface area contributed by atoms with Crippen LogP contribution in [0.1, 0.15) is 35.2 Å². The molecule has 0 aromatic heterocycles. The largest absolute Gasteiger partial charge is 0.416 e. The van der Waals surface area contributed by atoms with Gasteiger partial charge in [0.15, 0.2) is 5.96 Å². The molecule has 9 heteroatoms. The molecule has 0 aliphatic heterocycles. The normalized spacial score (nSPS) is 13.0. The predicted molar refractivity (Wildman–Crippen MR) is 122 cm³/mol. The molecular formula is C21H27F4IN4. The molecule has 30 heavy (non-hydrogen) atoms. The summed E-state index contributed by atoms with van der Waals surface area (Å²) < 4.78 is 52.7. The monoisotopic (exact) mass is 538 g/mol. The van der Waals surface area contributed by atoms with Gasteiger partial charge in [0, 0.05) is 25.7 Å². The van der Waals surface area contributed by atoms with Crippen LogP contribution in [0.25, 0.3) is 0 Å². The van der Waals surface area contributed by atoms with Crippen LogP contribution in [0, 0.1) is 5.82 Å². The molecule has 0 saturated carbocycles. The quantitative estimate of drug-likeness (QED) is 0.237. The number of rotatable bonds is 6. The Morgan fingerprint density at radius 1 is 1.13 bits per heavy atom. The molecule has 0 fully saturated rings. The van der Waals surface area contributed by atoms with Gasteiger partial charge < -0.3 is 15.5 Å². The summed E-state index contributed by atoms with van der Waals surface area (Å²) in [5.41, 5.74) is 1.27. The number of benzene rings is 2. The fourth-order valence-corrected chi connectivity index (χ4v) is 2.85. The van der Waals surface area contributed by atoms with Crippen molar-refractivity contribution in [3.05, 3.63) is 70.5 Å². The first kappa shape index (κ1) is 26.2. The molecule has 4 nitrogen and oxygen atoms in total. The Bertz CT molecular complexity index is 853. The lowest BCUT2D eigenvalue weighted by atomic mass is 10.1. The van der Waals surface area contributed by atoms with E-state index in [1.165, 1.54) is 12.1 Å². The number of hydrogen-bond donors (Lipinski definition) is 2. The zero-order valence-corrected chi connectivity index (χ0v) is 19.7. The van der Waals surface area contributed by atoms with Crippen LogP contribution in [0.4, 0.5) is 17.6 Å². The molecule has 1 unspecified atom stereocenters. The molecule has 0 bridgehead atoms. The minimum atomic E-state index is -4.39. The summed E-state index contributed by atoms with van der Waals surface area (Å²) in [6.07, 6.45) is -4.39. The highest BCUT2D eigenvalue weighted by Gasteiger charge is 2.30. The fraction of sp³-hybridized carbons (Fsp3) is 0.381. The van der Waals surface area contributed by atoms with E-state index < -0.39 is 11.7 Å². The molecule has 0 saturated heterocycles. The number of halogens is 5. The predicted octanol–water partition coefficient (Wildman–Crippen LogP) is 4.95. The second-order valence-corrected chi connectivity index (χ2v) is 7.08. The molecule has 1 atom stereocenters. The fourth-order valence-electron chi connectivity index (χ4n) is 2.85.